The van der Waals surface area contributed by atoms with Gasteiger partial charge in [-0.15, -0.1) is 6.58 Å². The van der Waals surface area contributed by atoms with Gasteiger partial charge in [-0.25, -0.2) is 0 Å². The third-order valence-electron chi connectivity index (χ3n) is 3.52. The Morgan fingerprint density at radius 1 is 1.30 bits per heavy atom. The summed E-state index contributed by atoms with van der Waals surface area (Å²) in [4.78, 5) is 12.9. The maximum Gasteiger partial charge on any atom is 0.317 e. The predicted octanol–water partition coefficient (Wildman–Crippen LogP) is 3.47. The molecule has 1 unspecified atom stereocenters. The first-order valence-corrected chi connectivity index (χ1v) is 6.68. The van der Waals surface area contributed by atoms with Gasteiger partial charge in [-0.05, 0) is 23.3 Å². The van der Waals surface area contributed by atoms with E-state index < -0.39 is 5.97 Å². The molecule has 0 spiro atoms. The molecule has 0 heterocycles. The highest BCUT2D eigenvalue weighted by Gasteiger charge is 2.18. The number of nitrogens with zero attached hydrogens (tertiary/aromatic N) is 1. The predicted molar refractivity (Wildman–Crippen MR) is 81.8 cm³/mol. The van der Waals surface area contributed by atoms with Crippen molar-refractivity contribution in [3.63, 3.8) is 0 Å². The molecule has 0 saturated carbocycles. The number of fused-ring (bicyclic) bond motifs is 1. The lowest BCUT2D eigenvalue weighted by Crippen LogP contribution is -2.32. The summed E-state index contributed by atoms with van der Waals surface area (Å²) in [6.45, 7) is 6.31. The Kier molecular flexibility index (Phi) is 4.53. The van der Waals surface area contributed by atoms with E-state index in [1.54, 1.807) is 6.08 Å². The van der Waals surface area contributed by atoms with E-state index in [0.717, 1.165) is 5.56 Å². The van der Waals surface area contributed by atoms with Crippen molar-refractivity contribution in [3.8, 4) is 0 Å². The van der Waals surface area contributed by atoms with Gasteiger partial charge in [0.15, 0.2) is 0 Å². The minimum absolute atomic E-state index is 0.0103. The molecule has 1 atom stereocenters. The largest absolute Gasteiger partial charge is 0.480 e. The lowest BCUT2D eigenvalue weighted by atomic mass is 9.98. The summed E-state index contributed by atoms with van der Waals surface area (Å²) in [7, 11) is 0. The van der Waals surface area contributed by atoms with E-state index in [1.165, 1.54) is 10.8 Å². The summed E-state index contributed by atoms with van der Waals surface area (Å²) in [5, 5.41) is 11.4. The Morgan fingerprint density at radius 2 is 2.00 bits per heavy atom. The van der Waals surface area contributed by atoms with E-state index >= 15 is 0 Å². The Morgan fingerprint density at radius 3 is 2.70 bits per heavy atom. The van der Waals surface area contributed by atoms with Crippen molar-refractivity contribution in [1.82, 2.24) is 4.90 Å². The highest BCUT2D eigenvalue weighted by atomic mass is 16.4. The van der Waals surface area contributed by atoms with Crippen LogP contribution in [0.2, 0.25) is 0 Å². The molecular weight excluding hydrogens is 250 g/mol. The quantitative estimate of drug-likeness (QED) is 0.816. The molecule has 0 bridgehead atoms. The molecule has 0 aliphatic rings. The molecule has 0 fully saturated rings. The second-order valence-corrected chi connectivity index (χ2v) is 4.86. The SMILES string of the molecule is C=CCN(CC(=O)O)C(C)c1cccc2ccccc12. The number of hydrogen-bond acceptors (Lipinski definition) is 2. The van der Waals surface area contributed by atoms with Gasteiger partial charge in [0.25, 0.3) is 0 Å². The molecule has 3 nitrogen and oxygen atoms in total. The van der Waals surface area contributed by atoms with Crippen molar-refractivity contribution in [1.29, 1.82) is 0 Å². The Labute approximate surface area is 119 Å². The van der Waals surface area contributed by atoms with Crippen LogP contribution in [0.15, 0.2) is 55.1 Å². The number of rotatable bonds is 6. The number of carbonyl (C=O) groups is 1. The van der Waals surface area contributed by atoms with Gasteiger partial charge in [0, 0.05) is 12.6 Å². The van der Waals surface area contributed by atoms with Crippen molar-refractivity contribution >= 4 is 16.7 Å². The third-order valence-corrected chi connectivity index (χ3v) is 3.52. The Hall–Kier alpha value is -2.13. The zero-order valence-corrected chi connectivity index (χ0v) is 11.6. The minimum atomic E-state index is -0.820. The average molecular weight is 269 g/mol. The van der Waals surface area contributed by atoms with Crippen LogP contribution in [0.3, 0.4) is 0 Å². The molecule has 0 aromatic heterocycles. The van der Waals surface area contributed by atoms with Gasteiger partial charge < -0.3 is 5.11 Å². The second kappa shape index (κ2) is 6.35. The van der Waals surface area contributed by atoms with E-state index in [1.807, 2.05) is 30.0 Å². The molecule has 20 heavy (non-hydrogen) atoms. The molecule has 0 radical (unpaired) electrons. The molecule has 2 aromatic rings. The summed E-state index contributed by atoms with van der Waals surface area (Å²) < 4.78 is 0. The molecule has 0 saturated heterocycles. The van der Waals surface area contributed by atoms with Crippen LogP contribution in [0, 0.1) is 0 Å². The van der Waals surface area contributed by atoms with Gasteiger partial charge in [0.05, 0.1) is 6.54 Å². The summed E-state index contributed by atoms with van der Waals surface area (Å²) in [5.74, 6) is -0.820. The van der Waals surface area contributed by atoms with E-state index in [9.17, 15) is 4.79 Å². The van der Waals surface area contributed by atoms with Crippen molar-refractivity contribution in [2.24, 2.45) is 0 Å². The van der Waals surface area contributed by atoms with Crippen LogP contribution in [0.1, 0.15) is 18.5 Å². The Bertz CT molecular complexity index is 616. The van der Waals surface area contributed by atoms with Crippen LogP contribution in [0.25, 0.3) is 10.8 Å². The average Bonchev–Trinajstić information content (AvgIpc) is 2.45. The lowest BCUT2D eigenvalue weighted by Gasteiger charge is -2.27. The smallest absolute Gasteiger partial charge is 0.317 e. The Balaban J connectivity index is 2.40. The zero-order chi connectivity index (χ0) is 14.5. The normalized spacial score (nSPS) is 12.5. The van der Waals surface area contributed by atoms with E-state index in [2.05, 4.69) is 30.8 Å². The topological polar surface area (TPSA) is 40.5 Å². The van der Waals surface area contributed by atoms with Crippen molar-refractivity contribution in [2.45, 2.75) is 13.0 Å². The van der Waals surface area contributed by atoms with Crippen molar-refractivity contribution in [2.75, 3.05) is 13.1 Å². The van der Waals surface area contributed by atoms with E-state index in [0.29, 0.717) is 6.54 Å². The van der Waals surface area contributed by atoms with Crippen LogP contribution in [0.4, 0.5) is 0 Å². The van der Waals surface area contributed by atoms with Crippen LogP contribution in [-0.4, -0.2) is 29.1 Å². The van der Waals surface area contributed by atoms with Crippen LogP contribution in [0.5, 0.6) is 0 Å². The first-order chi connectivity index (χ1) is 9.63. The molecule has 0 amide bonds. The number of carboxylic acids is 1. The fourth-order valence-electron chi connectivity index (χ4n) is 2.51. The highest BCUT2D eigenvalue weighted by Crippen LogP contribution is 2.27. The van der Waals surface area contributed by atoms with Gasteiger partial charge >= 0.3 is 5.97 Å². The third kappa shape index (κ3) is 3.06. The van der Waals surface area contributed by atoms with Crippen LogP contribution >= 0.6 is 0 Å². The molecule has 0 aliphatic carbocycles. The van der Waals surface area contributed by atoms with Gasteiger partial charge in [-0.2, -0.15) is 0 Å². The lowest BCUT2D eigenvalue weighted by molar-refractivity contribution is -0.138. The van der Waals surface area contributed by atoms with Gasteiger partial charge in [-0.1, -0.05) is 48.5 Å². The van der Waals surface area contributed by atoms with Crippen LogP contribution < -0.4 is 0 Å². The molecular formula is C17H19NO2. The zero-order valence-electron chi connectivity index (χ0n) is 11.6. The summed E-state index contributed by atoms with van der Waals surface area (Å²) in [5.41, 5.74) is 1.14. The van der Waals surface area contributed by atoms with Crippen molar-refractivity contribution in [3.05, 3.63) is 60.7 Å². The number of aliphatic carboxylic acids is 1. The summed E-state index contributed by atoms with van der Waals surface area (Å²) in [6.07, 6.45) is 1.74. The summed E-state index contributed by atoms with van der Waals surface area (Å²) in [6, 6.07) is 14.3. The van der Waals surface area contributed by atoms with Gasteiger partial charge in [0.1, 0.15) is 0 Å². The maximum atomic E-state index is 11.0. The maximum absolute atomic E-state index is 11.0. The van der Waals surface area contributed by atoms with Crippen molar-refractivity contribution < 1.29 is 9.90 Å². The first-order valence-electron chi connectivity index (χ1n) is 6.68. The number of benzene rings is 2. The molecule has 1 N–H and O–H groups in total. The molecule has 104 valence electrons. The van der Waals surface area contributed by atoms with Crippen LogP contribution in [-0.2, 0) is 4.79 Å². The second-order valence-electron chi connectivity index (χ2n) is 4.86. The summed E-state index contributed by atoms with van der Waals surface area (Å²) >= 11 is 0. The molecule has 2 rings (SSSR count). The number of hydrogen-bond donors (Lipinski definition) is 1. The van der Waals surface area contributed by atoms with Gasteiger partial charge in [-0.3, -0.25) is 9.69 Å². The first kappa shape index (κ1) is 14.3. The minimum Gasteiger partial charge on any atom is -0.480 e. The fourth-order valence-corrected chi connectivity index (χ4v) is 2.51. The monoisotopic (exact) mass is 269 g/mol. The number of carboxylic acid groups (broad SMARTS) is 1. The molecule has 0 aliphatic heterocycles. The van der Waals surface area contributed by atoms with E-state index in [4.69, 9.17) is 5.11 Å². The molecule has 3 heteroatoms. The van der Waals surface area contributed by atoms with E-state index in [-0.39, 0.29) is 12.6 Å². The standard InChI is InChI=1S/C17H19NO2/c1-3-11-18(12-17(19)20)13(2)15-10-6-8-14-7-4-5-9-16(14)15/h3-10,13H,1,11-12H2,2H3,(H,19,20). The molecule has 2 aromatic carbocycles. The fraction of sp³-hybridized carbons (Fsp3) is 0.235. The highest BCUT2D eigenvalue weighted by molar-refractivity contribution is 5.86. The van der Waals surface area contributed by atoms with Gasteiger partial charge in [0.2, 0.25) is 0 Å².